The van der Waals surface area contributed by atoms with Crippen molar-refractivity contribution in [2.24, 2.45) is 0 Å². The Morgan fingerprint density at radius 3 is 2.88 bits per heavy atom. The van der Waals surface area contributed by atoms with Gasteiger partial charge in [-0.1, -0.05) is 0 Å². The SMILES string of the molecule is COC(=O)C1CN(CCC(C)(C)O)CCO1. The topological polar surface area (TPSA) is 59.0 Å². The molecule has 0 aromatic carbocycles. The average Bonchev–Trinajstić information content (AvgIpc) is 2.25. The van der Waals surface area contributed by atoms with Crippen LogP contribution in [0.3, 0.4) is 0 Å². The molecular weight excluding hydrogens is 210 g/mol. The number of methoxy groups -OCH3 is 1. The number of ether oxygens (including phenoxy) is 2. The molecule has 0 aliphatic carbocycles. The molecule has 1 rings (SSSR count). The first-order valence-electron chi connectivity index (χ1n) is 5.56. The molecule has 1 fully saturated rings. The smallest absolute Gasteiger partial charge is 0.336 e. The van der Waals surface area contributed by atoms with Gasteiger partial charge in [0.25, 0.3) is 0 Å². The summed E-state index contributed by atoms with van der Waals surface area (Å²) in [7, 11) is 1.36. The summed E-state index contributed by atoms with van der Waals surface area (Å²) >= 11 is 0. The lowest BCUT2D eigenvalue weighted by Crippen LogP contribution is -2.47. The predicted molar refractivity (Wildman–Crippen MR) is 59.1 cm³/mol. The molecular formula is C11H21NO4. The number of carbonyl (C=O) groups is 1. The van der Waals surface area contributed by atoms with Crippen LogP contribution in [-0.4, -0.2) is 61.0 Å². The number of carbonyl (C=O) groups excluding carboxylic acids is 1. The zero-order chi connectivity index (χ0) is 12.2. The lowest BCUT2D eigenvalue weighted by molar-refractivity contribution is -0.159. The summed E-state index contributed by atoms with van der Waals surface area (Å²) in [5.74, 6) is -0.326. The van der Waals surface area contributed by atoms with Gasteiger partial charge < -0.3 is 14.6 Å². The van der Waals surface area contributed by atoms with Gasteiger partial charge in [0.15, 0.2) is 6.10 Å². The Kier molecular flexibility index (Phi) is 4.70. The summed E-state index contributed by atoms with van der Waals surface area (Å²) in [6, 6.07) is 0. The van der Waals surface area contributed by atoms with Gasteiger partial charge in [-0.3, -0.25) is 4.90 Å². The minimum absolute atomic E-state index is 0.326. The summed E-state index contributed by atoms with van der Waals surface area (Å²) < 4.78 is 9.96. The van der Waals surface area contributed by atoms with Crippen molar-refractivity contribution in [3.8, 4) is 0 Å². The second-order valence-corrected chi connectivity index (χ2v) is 4.75. The Labute approximate surface area is 96.3 Å². The fraction of sp³-hybridized carbons (Fsp3) is 0.909. The largest absolute Gasteiger partial charge is 0.467 e. The molecule has 0 amide bonds. The van der Waals surface area contributed by atoms with E-state index < -0.39 is 11.7 Å². The summed E-state index contributed by atoms with van der Waals surface area (Å²) in [6.45, 7) is 6.20. The number of nitrogens with zero attached hydrogens (tertiary/aromatic N) is 1. The normalized spacial score (nSPS) is 23.1. The van der Waals surface area contributed by atoms with Crippen molar-refractivity contribution in [2.45, 2.75) is 32.0 Å². The maximum Gasteiger partial charge on any atom is 0.336 e. The molecule has 1 aliphatic rings. The second kappa shape index (κ2) is 5.61. The molecule has 1 unspecified atom stereocenters. The third-order valence-corrected chi connectivity index (χ3v) is 2.65. The summed E-state index contributed by atoms with van der Waals surface area (Å²) in [4.78, 5) is 13.4. The van der Waals surface area contributed by atoms with E-state index in [1.54, 1.807) is 13.8 Å². The van der Waals surface area contributed by atoms with Crippen LogP contribution in [0.1, 0.15) is 20.3 Å². The predicted octanol–water partition coefficient (Wildman–Crippen LogP) is 0.0212. The molecule has 5 heteroatoms. The summed E-state index contributed by atoms with van der Waals surface area (Å²) in [6.07, 6.45) is 0.196. The molecule has 94 valence electrons. The molecule has 0 saturated carbocycles. The number of aliphatic hydroxyl groups is 1. The van der Waals surface area contributed by atoms with Crippen LogP contribution in [0, 0.1) is 0 Å². The number of hydrogen-bond acceptors (Lipinski definition) is 5. The fourth-order valence-corrected chi connectivity index (χ4v) is 1.61. The van der Waals surface area contributed by atoms with E-state index in [1.807, 2.05) is 0 Å². The van der Waals surface area contributed by atoms with Crippen molar-refractivity contribution in [2.75, 3.05) is 33.4 Å². The van der Waals surface area contributed by atoms with E-state index in [0.29, 0.717) is 19.6 Å². The van der Waals surface area contributed by atoms with Crippen molar-refractivity contribution in [1.29, 1.82) is 0 Å². The van der Waals surface area contributed by atoms with Crippen LogP contribution in [0.5, 0.6) is 0 Å². The molecule has 0 aromatic rings. The van der Waals surface area contributed by atoms with Crippen LogP contribution >= 0.6 is 0 Å². The van der Waals surface area contributed by atoms with Crippen molar-refractivity contribution in [1.82, 2.24) is 4.90 Å². The summed E-state index contributed by atoms with van der Waals surface area (Å²) in [5, 5.41) is 9.62. The monoisotopic (exact) mass is 231 g/mol. The molecule has 0 bridgehead atoms. The minimum atomic E-state index is -0.668. The number of hydrogen-bond donors (Lipinski definition) is 1. The molecule has 5 nitrogen and oxygen atoms in total. The molecule has 16 heavy (non-hydrogen) atoms. The molecule has 1 aliphatic heterocycles. The van der Waals surface area contributed by atoms with E-state index in [9.17, 15) is 9.90 Å². The van der Waals surface area contributed by atoms with Crippen LogP contribution in [0.15, 0.2) is 0 Å². The first-order chi connectivity index (χ1) is 7.42. The Morgan fingerprint density at radius 1 is 1.62 bits per heavy atom. The first-order valence-corrected chi connectivity index (χ1v) is 5.56. The molecule has 0 aromatic heterocycles. The Hall–Kier alpha value is -0.650. The van der Waals surface area contributed by atoms with Gasteiger partial charge in [0.05, 0.1) is 19.3 Å². The third kappa shape index (κ3) is 4.47. The van der Waals surface area contributed by atoms with Gasteiger partial charge in [-0.05, 0) is 20.3 Å². The molecule has 1 saturated heterocycles. The van der Waals surface area contributed by atoms with E-state index in [4.69, 9.17) is 4.74 Å². The zero-order valence-corrected chi connectivity index (χ0v) is 10.2. The van der Waals surface area contributed by atoms with Crippen LogP contribution in [-0.2, 0) is 14.3 Å². The highest BCUT2D eigenvalue weighted by Gasteiger charge is 2.27. The molecule has 1 atom stereocenters. The quantitative estimate of drug-likeness (QED) is 0.691. The Morgan fingerprint density at radius 2 is 2.31 bits per heavy atom. The highest BCUT2D eigenvalue weighted by atomic mass is 16.6. The minimum Gasteiger partial charge on any atom is -0.467 e. The van der Waals surface area contributed by atoms with Gasteiger partial charge in [0, 0.05) is 19.6 Å². The van der Waals surface area contributed by atoms with Crippen molar-refractivity contribution in [3.05, 3.63) is 0 Å². The first kappa shape index (κ1) is 13.4. The van der Waals surface area contributed by atoms with Crippen LogP contribution in [0.25, 0.3) is 0 Å². The summed E-state index contributed by atoms with van der Waals surface area (Å²) in [5.41, 5.74) is -0.668. The zero-order valence-electron chi connectivity index (χ0n) is 10.2. The maximum absolute atomic E-state index is 11.3. The second-order valence-electron chi connectivity index (χ2n) is 4.75. The lowest BCUT2D eigenvalue weighted by atomic mass is 10.1. The van der Waals surface area contributed by atoms with Gasteiger partial charge in [-0.25, -0.2) is 4.79 Å². The van der Waals surface area contributed by atoms with E-state index >= 15 is 0 Å². The van der Waals surface area contributed by atoms with Gasteiger partial charge in [-0.15, -0.1) is 0 Å². The van der Waals surface area contributed by atoms with Gasteiger partial charge >= 0.3 is 5.97 Å². The Bertz CT molecular complexity index is 237. The van der Waals surface area contributed by atoms with Gasteiger partial charge in [0.1, 0.15) is 0 Å². The van der Waals surface area contributed by atoms with Crippen molar-refractivity contribution >= 4 is 5.97 Å². The molecule has 0 spiro atoms. The lowest BCUT2D eigenvalue weighted by Gasteiger charge is -2.32. The van der Waals surface area contributed by atoms with Crippen LogP contribution in [0.4, 0.5) is 0 Å². The highest BCUT2D eigenvalue weighted by molar-refractivity contribution is 5.74. The van der Waals surface area contributed by atoms with Gasteiger partial charge in [-0.2, -0.15) is 0 Å². The van der Waals surface area contributed by atoms with Crippen molar-refractivity contribution < 1.29 is 19.4 Å². The van der Waals surface area contributed by atoms with Crippen LogP contribution in [0.2, 0.25) is 0 Å². The average molecular weight is 231 g/mol. The van der Waals surface area contributed by atoms with E-state index in [2.05, 4.69) is 9.64 Å². The van der Waals surface area contributed by atoms with E-state index in [1.165, 1.54) is 7.11 Å². The molecule has 1 N–H and O–H groups in total. The van der Waals surface area contributed by atoms with Crippen molar-refractivity contribution in [3.63, 3.8) is 0 Å². The molecule has 0 radical (unpaired) electrons. The highest BCUT2D eigenvalue weighted by Crippen LogP contribution is 2.12. The fourth-order valence-electron chi connectivity index (χ4n) is 1.61. The third-order valence-electron chi connectivity index (χ3n) is 2.65. The number of rotatable bonds is 4. The Balaban J connectivity index is 2.36. The number of esters is 1. The van der Waals surface area contributed by atoms with E-state index in [-0.39, 0.29) is 5.97 Å². The van der Waals surface area contributed by atoms with Gasteiger partial charge in [0.2, 0.25) is 0 Å². The number of morpholine rings is 1. The maximum atomic E-state index is 11.3. The van der Waals surface area contributed by atoms with E-state index in [0.717, 1.165) is 13.1 Å². The standard InChI is InChI=1S/C11H21NO4/c1-11(2,14)4-5-12-6-7-16-9(8-12)10(13)15-3/h9,14H,4-8H2,1-3H3. The molecule has 1 heterocycles. The van der Waals surface area contributed by atoms with Crippen LogP contribution < -0.4 is 0 Å².